The molecule has 9 aliphatic rings. The number of pyridine rings is 1. The van der Waals surface area contributed by atoms with Crippen molar-refractivity contribution < 1.29 is 46.9 Å². The fraction of sp³-hybridized carbons (Fsp3) is 0.438. The smallest absolute Gasteiger partial charge is 0.318 e. The minimum atomic E-state index is -1.09. The monoisotopic (exact) mass is 1890 g/mol. The number of carbonyl (C=O) groups excluding carboxylic acids is 3. The lowest BCUT2D eigenvalue weighted by atomic mass is 9.89. The lowest BCUT2D eigenvalue weighted by Gasteiger charge is -2.42. The first-order valence-corrected chi connectivity index (χ1v) is 48.3. The summed E-state index contributed by atoms with van der Waals surface area (Å²) in [5.41, 5.74) is 13.8. The Morgan fingerprint density at radius 3 is 1.54 bits per heavy atom. The molecule has 18 rings (SSSR count). The number of halogens is 4. The van der Waals surface area contributed by atoms with E-state index in [9.17, 15) is 48.4 Å². The second-order valence-electron chi connectivity index (χ2n) is 37.7. The van der Waals surface area contributed by atoms with Gasteiger partial charge in [-0.3, -0.25) is 29.1 Å². The van der Waals surface area contributed by atoms with Crippen LogP contribution in [0.2, 0.25) is 5.15 Å². The minimum absolute atomic E-state index is 0.0107. The molecule has 9 aliphatic heterocycles. The van der Waals surface area contributed by atoms with Gasteiger partial charge in [-0.15, -0.1) is 0 Å². The molecule has 0 spiro atoms. The van der Waals surface area contributed by atoms with Gasteiger partial charge in [-0.2, -0.15) is 45.7 Å². The van der Waals surface area contributed by atoms with Crippen molar-refractivity contribution in [3.05, 3.63) is 226 Å². The van der Waals surface area contributed by atoms with Crippen molar-refractivity contribution in [3.8, 4) is 36.2 Å². The summed E-state index contributed by atoms with van der Waals surface area (Å²) in [6, 6.07) is 35.4. The molecule has 2 unspecified atom stereocenters. The lowest BCUT2D eigenvalue weighted by Crippen LogP contribution is -2.55. The number of likely N-dealkylation sites (tertiary alicyclic amines) is 3. The highest BCUT2D eigenvalue weighted by atomic mass is 35.5. The molecule has 0 saturated carbocycles. The van der Waals surface area contributed by atoms with E-state index in [1.54, 1.807) is 6.20 Å². The molecule has 6 saturated heterocycles. The molecule has 9 aromatic rings. The van der Waals surface area contributed by atoms with Crippen molar-refractivity contribution in [1.82, 2.24) is 64.3 Å². The van der Waals surface area contributed by atoms with Crippen LogP contribution in [-0.2, 0) is 53.3 Å². The van der Waals surface area contributed by atoms with E-state index in [1.807, 2.05) is 49.4 Å². The Balaban J connectivity index is 0.627. The lowest BCUT2D eigenvalue weighted by molar-refractivity contribution is -0.132. The van der Waals surface area contributed by atoms with Crippen LogP contribution >= 0.6 is 11.6 Å². The molecule has 6 fully saturated rings. The minimum Gasteiger partial charge on any atom is -0.462 e. The summed E-state index contributed by atoms with van der Waals surface area (Å²) in [5, 5.41) is 47.0. The van der Waals surface area contributed by atoms with Crippen molar-refractivity contribution in [2.45, 2.75) is 153 Å². The number of nitriles is 3. The van der Waals surface area contributed by atoms with Crippen LogP contribution in [0.3, 0.4) is 0 Å². The molecule has 5 aromatic carbocycles. The maximum atomic E-state index is 14.9. The quantitative estimate of drug-likeness (QED) is 0.0259. The van der Waals surface area contributed by atoms with Crippen molar-refractivity contribution in [1.29, 1.82) is 15.8 Å². The average Bonchev–Trinajstić information content (AvgIpc) is 1.26. The van der Waals surface area contributed by atoms with E-state index in [4.69, 9.17) is 55.7 Å². The number of hydrogen-bond donors (Lipinski definition) is 1. The number of aromatic nitrogens is 7. The Morgan fingerprint density at radius 2 is 1.02 bits per heavy atom. The number of carbonyl (C=O) groups is 3. The molecule has 33 heteroatoms. The molecular weight excluding hydrogens is 1770 g/mol. The summed E-state index contributed by atoms with van der Waals surface area (Å²) in [6.07, 6.45) is 14.7. The summed E-state index contributed by atoms with van der Waals surface area (Å²) >= 11 is 6.84. The number of hydrogen-bond acceptors (Lipinski definition) is 26. The number of aryl methyl sites for hydroxylation is 2. The molecule has 13 heterocycles. The Kier molecular flexibility index (Phi) is 28.6. The first kappa shape index (κ1) is 95.0. The maximum Gasteiger partial charge on any atom is 0.318 e. The summed E-state index contributed by atoms with van der Waals surface area (Å²) in [5.74, 6) is -3.66. The first-order chi connectivity index (χ1) is 67.0. The number of amides is 3. The van der Waals surface area contributed by atoms with E-state index in [2.05, 4.69) is 181 Å². The van der Waals surface area contributed by atoms with Gasteiger partial charge < -0.3 is 63.4 Å². The predicted octanol–water partition coefficient (Wildman–Crippen LogP) is 13.7. The summed E-state index contributed by atoms with van der Waals surface area (Å²) in [4.78, 5) is 100. The van der Waals surface area contributed by atoms with Crippen LogP contribution < -0.4 is 43.6 Å². The Labute approximate surface area is 807 Å². The number of fused-ring (bicyclic) bond motifs is 6. The standard InChI is InChI=1S/C105H116ClF3N22O7/c1-9-15-70(16-10-2)53-128-55-74(73-49-72-20-11-17-65(3)93(72)92(52-73)124-40-32-86-89(61-124)116-103(136-62-79-21-14-37-121(79)47-48-132)117-99(86)127-43-46-131(102(135)69(7)109)78(58-127)28-35-112)50-81(128)64-138-105-115-88-60-123(39-31-85(88)98(119-105)126-42-45-130(101(134)68(6)108)77(57-126)27-34-111)91-25-24-82(83-22-12-18-66(4)94(83)91)75-51-80(120(8)54-75)63-137-104-114-87-59-122(90-23-13-19-71-29-36-113-96(106)95(71)90)38-30-84(87)97(118-104)125-41-44-129(100(133)67(5)107)76(56-125)26-33-110/h9-13,15-20,22-25,29,36,49,52,74-81,132H,1,5-7,14,21,26-28,30-32,37-48,50-51,53-64H2,2-4,8H3/b16-10-,70-15+/t74?,75?,76-,77-,78-,79-,80-,81-/m0/s1. The number of piperazine rings is 3. The van der Waals surface area contributed by atoms with Crippen molar-refractivity contribution >= 4 is 96.2 Å². The van der Waals surface area contributed by atoms with Crippen LogP contribution in [0.15, 0.2) is 165 Å². The predicted molar refractivity (Wildman–Crippen MR) is 527 cm³/mol. The molecule has 716 valence electrons. The second-order valence-corrected chi connectivity index (χ2v) is 38.1. The number of nitrogens with zero attached hydrogens (tertiary/aromatic N) is 22. The zero-order valence-corrected chi connectivity index (χ0v) is 79.5. The number of allylic oxidation sites excluding steroid dienone is 3. The Morgan fingerprint density at radius 1 is 0.529 bits per heavy atom. The van der Waals surface area contributed by atoms with Crippen LogP contribution in [0, 0.1) is 47.8 Å². The van der Waals surface area contributed by atoms with Crippen LogP contribution in [0.1, 0.15) is 120 Å². The number of aliphatic hydroxyl groups is 1. The highest BCUT2D eigenvalue weighted by Gasteiger charge is 2.43. The van der Waals surface area contributed by atoms with Crippen LogP contribution in [0.25, 0.3) is 32.3 Å². The fourth-order valence-electron chi connectivity index (χ4n) is 22.6. The van der Waals surface area contributed by atoms with E-state index in [0.717, 1.165) is 138 Å². The number of likely N-dealkylation sites (N-methyl/N-ethyl adjacent to an activating group) is 1. The third kappa shape index (κ3) is 19.6. The van der Waals surface area contributed by atoms with E-state index in [0.29, 0.717) is 133 Å². The summed E-state index contributed by atoms with van der Waals surface area (Å²) in [6.45, 7) is 29.7. The van der Waals surface area contributed by atoms with Gasteiger partial charge in [-0.1, -0.05) is 123 Å². The van der Waals surface area contributed by atoms with E-state index in [1.165, 1.54) is 20.3 Å². The van der Waals surface area contributed by atoms with Gasteiger partial charge in [0.1, 0.15) is 42.4 Å². The van der Waals surface area contributed by atoms with Gasteiger partial charge in [0.2, 0.25) is 0 Å². The molecule has 8 atom stereocenters. The summed E-state index contributed by atoms with van der Waals surface area (Å²) in [7, 11) is 2.13. The molecule has 0 radical (unpaired) electrons. The van der Waals surface area contributed by atoms with Crippen molar-refractivity contribution in [2.75, 3.05) is 174 Å². The van der Waals surface area contributed by atoms with E-state index in [-0.39, 0.29) is 126 Å². The zero-order chi connectivity index (χ0) is 96.3. The van der Waals surface area contributed by atoms with E-state index < -0.39 is 53.3 Å². The largest absolute Gasteiger partial charge is 0.462 e. The number of anilines is 6. The molecule has 0 bridgehead atoms. The first-order valence-electron chi connectivity index (χ1n) is 47.9. The van der Waals surface area contributed by atoms with Gasteiger partial charge in [0.25, 0.3) is 17.7 Å². The second kappa shape index (κ2) is 41.6. The number of β-amino-alcohol motifs (C(OH)–C–C–N with tert-alkyl or cyclic N) is 1. The highest BCUT2D eigenvalue weighted by Crippen LogP contribution is 2.47. The molecular formula is C105H116ClF3N22O7. The van der Waals surface area contributed by atoms with Crippen LogP contribution in [-0.4, -0.2) is 268 Å². The SMILES string of the molecule is C=C/C=C(\C=C/C)CN1CC(c2cc(N3CCc4c(nc(OC[C@@H]5CCCN5CCO)nc4N4CCN(C(=O)C(=C)F)[C@@H](CC#N)C4)C3)c3c(C)cccc3c2)C[C@H]1COc1nc2c(c(N3CCN(C(=O)C(=C)F)[C@@H](CC#N)C3)n1)CCN(c1ccc(C3C[C@@H](COc4nc5c(c(N6CCN(C(=O)C(=C)F)[C@@H](CC#N)C6)n4)CCN(c4cccc6ccnc(Cl)c46)C5)N(C)C3)c3cccc(C)c13)C2. The topological polar surface area (TPSA) is 300 Å². The molecule has 3 amide bonds. The normalized spacial score (nSPS) is 21.6. The number of ether oxygens (including phenoxy) is 3. The number of rotatable bonds is 29. The van der Waals surface area contributed by atoms with Gasteiger partial charge in [0, 0.05) is 179 Å². The zero-order valence-electron chi connectivity index (χ0n) is 78.7. The maximum absolute atomic E-state index is 14.9. The highest BCUT2D eigenvalue weighted by molar-refractivity contribution is 6.35. The molecule has 1 N–H and O–H groups in total. The van der Waals surface area contributed by atoms with Gasteiger partial charge >= 0.3 is 18.0 Å². The van der Waals surface area contributed by atoms with Gasteiger partial charge in [-0.25, -0.2) is 18.2 Å². The molecule has 138 heavy (non-hydrogen) atoms. The van der Waals surface area contributed by atoms with Crippen molar-refractivity contribution in [3.63, 3.8) is 0 Å². The van der Waals surface area contributed by atoms with Gasteiger partial charge in [0.05, 0.1) is 98.9 Å². The number of benzene rings is 5. The van der Waals surface area contributed by atoms with Crippen molar-refractivity contribution in [2.24, 2.45) is 0 Å². The Bertz CT molecular complexity index is 6450. The van der Waals surface area contributed by atoms with Gasteiger partial charge in [0.15, 0.2) is 17.5 Å². The fourth-order valence-corrected chi connectivity index (χ4v) is 22.9. The Hall–Kier alpha value is -13.3. The average molecular weight is 1890 g/mol. The summed E-state index contributed by atoms with van der Waals surface area (Å²) < 4.78 is 64.5. The van der Waals surface area contributed by atoms with Crippen LogP contribution in [0.4, 0.5) is 47.7 Å². The number of aliphatic hydroxyl groups excluding tert-OH is 1. The van der Waals surface area contributed by atoms with E-state index >= 15 is 0 Å². The molecule has 0 aliphatic carbocycles. The third-order valence-corrected chi connectivity index (χ3v) is 29.7. The van der Waals surface area contributed by atoms with Crippen LogP contribution in [0.5, 0.6) is 18.0 Å². The molecule has 4 aromatic heterocycles. The third-order valence-electron chi connectivity index (χ3n) is 29.4. The van der Waals surface area contributed by atoms with Gasteiger partial charge in [-0.05, 0) is 159 Å². The molecule has 29 nitrogen and oxygen atoms in total.